The Kier molecular flexibility index (Phi) is 12.3. The molecule has 1 aromatic rings. The number of ether oxygens (including phenoxy) is 2. The summed E-state index contributed by atoms with van der Waals surface area (Å²) in [6.07, 6.45) is 10.9. The van der Waals surface area contributed by atoms with Crippen molar-refractivity contribution in [3.8, 4) is 5.75 Å². The van der Waals surface area contributed by atoms with Crippen LogP contribution in [0.5, 0.6) is 5.75 Å². The van der Waals surface area contributed by atoms with Crippen molar-refractivity contribution in [3.63, 3.8) is 0 Å². The third kappa shape index (κ3) is 10.2. The molecule has 2 amide bonds. The number of nitrogens with zero attached hydrogens (tertiary/aromatic N) is 1. The van der Waals surface area contributed by atoms with Crippen molar-refractivity contribution in [2.24, 2.45) is 0 Å². The van der Waals surface area contributed by atoms with Crippen molar-refractivity contribution in [3.05, 3.63) is 29.8 Å². The van der Waals surface area contributed by atoms with E-state index in [1.165, 1.54) is 43.4 Å². The Hall–Kier alpha value is -2.61. The average molecular weight is 463 g/mol. The summed E-state index contributed by atoms with van der Waals surface area (Å²) in [5.74, 6) is -0.893. The first-order valence-electron chi connectivity index (χ1n) is 12.0. The van der Waals surface area contributed by atoms with Gasteiger partial charge in [0.05, 0.1) is 13.2 Å². The monoisotopic (exact) mass is 462 g/mol. The summed E-state index contributed by atoms with van der Waals surface area (Å²) < 4.78 is 10.5. The van der Waals surface area contributed by atoms with Crippen LogP contribution in [0.3, 0.4) is 0 Å². The SMILES string of the molecule is C1CCCCC1.COCCOc1cccc(CCC(=O)NCC(=O)N2CCCC2C(=O)O)c1. The lowest BCUT2D eigenvalue weighted by Crippen LogP contribution is -2.45. The molecular formula is C25H38N2O6. The molecule has 1 aliphatic carbocycles. The van der Waals surface area contributed by atoms with Crippen LogP contribution in [0.4, 0.5) is 0 Å². The maximum Gasteiger partial charge on any atom is 0.326 e. The summed E-state index contributed by atoms with van der Waals surface area (Å²) in [7, 11) is 1.61. The molecule has 1 unspecified atom stereocenters. The number of rotatable bonds is 10. The fourth-order valence-corrected chi connectivity index (χ4v) is 4.04. The zero-order valence-electron chi connectivity index (χ0n) is 19.7. The van der Waals surface area contributed by atoms with Crippen molar-refractivity contribution in [1.82, 2.24) is 10.2 Å². The second-order valence-corrected chi connectivity index (χ2v) is 8.47. The van der Waals surface area contributed by atoms with E-state index in [0.29, 0.717) is 44.8 Å². The number of hydrogen-bond donors (Lipinski definition) is 2. The van der Waals surface area contributed by atoms with Gasteiger partial charge in [0.15, 0.2) is 0 Å². The number of carboxylic acid groups (broad SMARTS) is 1. The number of methoxy groups -OCH3 is 1. The van der Waals surface area contributed by atoms with Crippen LogP contribution >= 0.6 is 0 Å². The van der Waals surface area contributed by atoms with Crippen molar-refractivity contribution >= 4 is 17.8 Å². The normalized spacial score (nSPS) is 17.6. The Morgan fingerprint density at radius 3 is 2.39 bits per heavy atom. The van der Waals surface area contributed by atoms with E-state index in [0.717, 1.165) is 5.56 Å². The highest BCUT2D eigenvalue weighted by Crippen LogP contribution is 2.18. The van der Waals surface area contributed by atoms with Gasteiger partial charge in [0.25, 0.3) is 0 Å². The Morgan fingerprint density at radius 2 is 1.76 bits per heavy atom. The number of hydrogen-bond acceptors (Lipinski definition) is 5. The number of carbonyl (C=O) groups is 3. The third-order valence-electron chi connectivity index (χ3n) is 5.89. The minimum atomic E-state index is -1.00. The zero-order chi connectivity index (χ0) is 23.9. The van der Waals surface area contributed by atoms with E-state index < -0.39 is 12.0 Å². The molecule has 1 atom stereocenters. The van der Waals surface area contributed by atoms with E-state index >= 15 is 0 Å². The maximum absolute atomic E-state index is 12.1. The topological polar surface area (TPSA) is 105 Å². The maximum atomic E-state index is 12.1. The molecule has 8 nitrogen and oxygen atoms in total. The largest absolute Gasteiger partial charge is 0.491 e. The number of amides is 2. The summed E-state index contributed by atoms with van der Waals surface area (Å²) in [4.78, 5) is 36.6. The predicted octanol–water partition coefficient (Wildman–Crippen LogP) is 3.18. The number of aryl methyl sites for hydroxylation is 1. The number of aliphatic carboxylic acids is 1. The summed E-state index contributed by atoms with van der Waals surface area (Å²) in [6, 6.07) is 6.69. The molecule has 0 aromatic heterocycles. The Bertz CT molecular complexity index is 739. The van der Waals surface area contributed by atoms with Crippen LogP contribution in [0.1, 0.15) is 63.4 Å². The van der Waals surface area contributed by atoms with Gasteiger partial charge in [-0.2, -0.15) is 0 Å². The van der Waals surface area contributed by atoms with Gasteiger partial charge in [-0.05, 0) is 37.0 Å². The minimum absolute atomic E-state index is 0.178. The van der Waals surface area contributed by atoms with Gasteiger partial charge < -0.3 is 24.8 Å². The number of nitrogens with one attached hydrogen (secondary N) is 1. The van der Waals surface area contributed by atoms with E-state index in [-0.39, 0.29) is 24.8 Å². The van der Waals surface area contributed by atoms with E-state index in [4.69, 9.17) is 14.6 Å². The van der Waals surface area contributed by atoms with Gasteiger partial charge in [-0.25, -0.2) is 4.79 Å². The molecule has 0 spiro atoms. The van der Waals surface area contributed by atoms with Crippen LogP contribution in [-0.4, -0.2) is 67.2 Å². The highest BCUT2D eigenvalue weighted by Gasteiger charge is 2.33. The molecule has 1 aliphatic heterocycles. The molecule has 2 fully saturated rings. The zero-order valence-corrected chi connectivity index (χ0v) is 19.7. The standard InChI is InChI=1S/C19H26N2O6.C6H12/c1-26-10-11-27-15-5-2-4-14(12-15)7-8-17(22)20-13-18(23)21-9-3-6-16(21)19(24)25;1-2-4-6-5-3-1/h2,4-5,12,16H,3,6-11,13H2,1H3,(H,20,22)(H,24,25);1-6H2. The highest BCUT2D eigenvalue weighted by atomic mass is 16.5. The lowest BCUT2D eigenvalue weighted by Gasteiger charge is -2.21. The fourth-order valence-electron chi connectivity index (χ4n) is 4.04. The minimum Gasteiger partial charge on any atom is -0.491 e. The molecule has 1 heterocycles. The summed E-state index contributed by atoms with van der Waals surface area (Å²) in [5, 5.41) is 11.7. The van der Waals surface area contributed by atoms with E-state index in [1.807, 2.05) is 24.3 Å². The van der Waals surface area contributed by atoms with Gasteiger partial charge in [-0.15, -0.1) is 0 Å². The van der Waals surface area contributed by atoms with Crippen LogP contribution in [0.15, 0.2) is 24.3 Å². The first-order chi connectivity index (χ1) is 16.0. The number of carbonyl (C=O) groups excluding carboxylic acids is 2. The number of carboxylic acids is 1. The molecule has 1 aromatic carbocycles. The van der Waals surface area contributed by atoms with Crippen LogP contribution in [0.2, 0.25) is 0 Å². The molecule has 33 heavy (non-hydrogen) atoms. The summed E-state index contributed by atoms with van der Waals surface area (Å²) >= 11 is 0. The molecule has 1 saturated heterocycles. The van der Waals surface area contributed by atoms with E-state index in [2.05, 4.69) is 5.32 Å². The molecular weight excluding hydrogens is 424 g/mol. The Labute approximate surface area is 196 Å². The molecule has 184 valence electrons. The van der Waals surface area contributed by atoms with Crippen molar-refractivity contribution in [1.29, 1.82) is 0 Å². The van der Waals surface area contributed by atoms with Crippen LogP contribution in [0, 0.1) is 0 Å². The first-order valence-corrected chi connectivity index (χ1v) is 12.0. The molecule has 2 aliphatic rings. The van der Waals surface area contributed by atoms with Gasteiger partial charge in [-0.3, -0.25) is 9.59 Å². The summed E-state index contributed by atoms with van der Waals surface area (Å²) in [6.45, 7) is 1.20. The fraction of sp³-hybridized carbons (Fsp3) is 0.640. The van der Waals surface area contributed by atoms with Crippen molar-refractivity contribution in [2.75, 3.05) is 33.4 Å². The van der Waals surface area contributed by atoms with Gasteiger partial charge in [0.2, 0.25) is 11.8 Å². The first kappa shape index (κ1) is 26.6. The lowest BCUT2D eigenvalue weighted by molar-refractivity contribution is -0.148. The highest BCUT2D eigenvalue weighted by molar-refractivity contribution is 5.88. The number of likely N-dealkylation sites (tertiary alicyclic amines) is 1. The smallest absolute Gasteiger partial charge is 0.326 e. The predicted molar refractivity (Wildman–Crippen MR) is 125 cm³/mol. The van der Waals surface area contributed by atoms with Crippen molar-refractivity contribution in [2.45, 2.75) is 70.3 Å². The van der Waals surface area contributed by atoms with Gasteiger partial charge in [-0.1, -0.05) is 50.7 Å². The van der Waals surface area contributed by atoms with E-state index in [9.17, 15) is 14.4 Å². The number of benzene rings is 1. The third-order valence-corrected chi connectivity index (χ3v) is 5.89. The average Bonchev–Trinajstić information content (AvgIpc) is 3.34. The van der Waals surface area contributed by atoms with Gasteiger partial charge >= 0.3 is 5.97 Å². The van der Waals surface area contributed by atoms with Gasteiger partial charge in [0.1, 0.15) is 18.4 Å². The van der Waals surface area contributed by atoms with Crippen LogP contribution in [-0.2, 0) is 25.5 Å². The molecule has 3 rings (SSSR count). The Morgan fingerprint density at radius 1 is 1.06 bits per heavy atom. The second kappa shape index (κ2) is 15.3. The molecule has 1 saturated carbocycles. The molecule has 0 radical (unpaired) electrons. The molecule has 2 N–H and O–H groups in total. The van der Waals surface area contributed by atoms with E-state index in [1.54, 1.807) is 7.11 Å². The van der Waals surface area contributed by atoms with Gasteiger partial charge in [0, 0.05) is 20.1 Å². The quantitative estimate of drug-likeness (QED) is 0.518. The lowest BCUT2D eigenvalue weighted by atomic mass is 10.0. The van der Waals surface area contributed by atoms with Crippen LogP contribution < -0.4 is 10.1 Å². The Balaban J connectivity index is 0.000000554. The molecule has 0 bridgehead atoms. The van der Waals surface area contributed by atoms with Crippen molar-refractivity contribution < 1.29 is 29.0 Å². The van der Waals surface area contributed by atoms with Crippen LogP contribution in [0.25, 0.3) is 0 Å². The second-order valence-electron chi connectivity index (χ2n) is 8.47. The summed E-state index contributed by atoms with van der Waals surface area (Å²) in [5.41, 5.74) is 0.955. The molecule has 8 heteroatoms.